The van der Waals surface area contributed by atoms with E-state index in [9.17, 15) is 4.79 Å². The summed E-state index contributed by atoms with van der Waals surface area (Å²) in [5.41, 5.74) is 7.10. The van der Waals surface area contributed by atoms with Crippen LogP contribution in [0.3, 0.4) is 0 Å². The lowest BCUT2D eigenvalue weighted by molar-refractivity contribution is -0.131. The van der Waals surface area contributed by atoms with Gasteiger partial charge in [-0.25, -0.2) is 14.8 Å². The molecule has 0 aliphatic carbocycles. The van der Waals surface area contributed by atoms with E-state index in [1.54, 1.807) is 10.8 Å². The van der Waals surface area contributed by atoms with Crippen molar-refractivity contribution >= 4 is 28.9 Å². The number of fused-ring (bicyclic) bond motifs is 1. The lowest BCUT2D eigenvalue weighted by Crippen LogP contribution is -1.94. The maximum absolute atomic E-state index is 10.4. The van der Waals surface area contributed by atoms with E-state index in [1.165, 1.54) is 12.4 Å². The molecule has 6 nitrogen and oxygen atoms in total. The highest BCUT2D eigenvalue weighted by Gasteiger charge is 2.09. The summed E-state index contributed by atoms with van der Waals surface area (Å²) in [6, 6.07) is 0. The Bertz CT molecular complexity index is 586. The normalized spacial score (nSPS) is 11.3. The van der Waals surface area contributed by atoms with Crippen LogP contribution in [0.25, 0.3) is 17.1 Å². The van der Waals surface area contributed by atoms with Crippen LogP contribution in [0.4, 0.5) is 5.82 Å². The van der Waals surface area contributed by atoms with Gasteiger partial charge in [0.05, 0.1) is 5.39 Å². The van der Waals surface area contributed by atoms with Gasteiger partial charge >= 0.3 is 5.97 Å². The van der Waals surface area contributed by atoms with Gasteiger partial charge in [-0.1, -0.05) is 0 Å². The van der Waals surface area contributed by atoms with Gasteiger partial charge in [-0.05, 0) is 6.08 Å². The molecule has 0 aromatic carbocycles. The van der Waals surface area contributed by atoms with Gasteiger partial charge in [0.15, 0.2) is 0 Å². The molecule has 0 fully saturated rings. The molecule has 0 bridgehead atoms. The molecule has 3 N–H and O–H groups in total. The number of hydrogen-bond acceptors (Lipinski definition) is 4. The predicted octanol–water partition coefficient (Wildman–Crippen LogP) is 0.648. The zero-order valence-electron chi connectivity index (χ0n) is 8.58. The smallest absolute Gasteiger partial charge is 0.328 e. The summed E-state index contributed by atoms with van der Waals surface area (Å²) < 4.78 is 1.77. The van der Waals surface area contributed by atoms with Crippen molar-refractivity contribution in [2.75, 3.05) is 5.73 Å². The van der Waals surface area contributed by atoms with Gasteiger partial charge in [0.25, 0.3) is 0 Å². The van der Waals surface area contributed by atoms with E-state index in [-0.39, 0.29) is 0 Å². The number of anilines is 1. The maximum Gasteiger partial charge on any atom is 0.328 e. The van der Waals surface area contributed by atoms with Crippen molar-refractivity contribution in [3.8, 4) is 0 Å². The van der Waals surface area contributed by atoms with Crippen molar-refractivity contribution in [2.45, 2.75) is 0 Å². The van der Waals surface area contributed by atoms with Crippen LogP contribution in [0, 0.1) is 0 Å². The Labute approximate surface area is 91.0 Å². The number of nitrogens with two attached hydrogens (primary N) is 1. The van der Waals surface area contributed by atoms with Crippen molar-refractivity contribution in [3.05, 3.63) is 24.2 Å². The number of carbonyl (C=O) groups is 1. The number of aryl methyl sites for hydroxylation is 1. The van der Waals surface area contributed by atoms with Gasteiger partial charge < -0.3 is 15.4 Å². The fraction of sp³-hybridized carbons (Fsp3) is 0.100. The molecule has 6 heteroatoms. The summed E-state index contributed by atoms with van der Waals surface area (Å²) in [6.07, 6.45) is 5.67. The molecule has 0 aliphatic heterocycles. The van der Waals surface area contributed by atoms with E-state index in [0.29, 0.717) is 22.4 Å². The van der Waals surface area contributed by atoms with E-state index in [1.807, 2.05) is 7.05 Å². The van der Waals surface area contributed by atoms with Crippen LogP contribution in [-0.4, -0.2) is 25.6 Å². The van der Waals surface area contributed by atoms with Gasteiger partial charge in [0, 0.05) is 24.9 Å². The molecule has 0 radical (unpaired) electrons. The van der Waals surface area contributed by atoms with Crippen LogP contribution in [0.5, 0.6) is 0 Å². The molecule has 2 rings (SSSR count). The fourth-order valence-electron chi connectivity index (χ4n) is 1.56. The first kappa shape index (κ1) is 10.2. The molecule has 0 atom stereocenters. The van der Waals surface area contributed by atoms with Crippen molar-refractivity contribution in [1.29, 1.82) is 0 Å². The Kier molecular flexibility index (Phi) is 2.32. The zero-order chi connectivity index (χ0) is 11.7. The van der Waals surface area contributed by atoms with E-state index in [4.69, 9.17) is 10.8 Å². The Morgan fingerprint density at radius 2 is 2.31 bits per heavy atom. The average molecular weight is 218 g/mol. The van der Waals surface area contributed by atoms with Crippen LogP contribution >= 0.6 is 0 Å². The minimum Gasteiger partial charge on any atom is -0.478 e. The highest BCUT2D eigenvalue weighted by molar-refractivity contribution is 5.97. The predicted molar refractivity (Wildman–Crippen MR) is 59.6 cm³/mol. The zero-order valence-corrected chi connectivity index (χ0v) is 8.58. The third-order valence-electron chi connectivity index (χ3n) is 2.22. The highest BCUT2D eigenvalue weighted by Crippen LogP contribution is 2.23. The Morgan fingerprint density at radius 3 is 3.00 bits per heavy atom. The summed E-state index contributed by atoms with van der Waals surface area (Å²) in [6.45, 7) is 0. The maximum atomic E-state index is 10.4. The third kappa shape index (κ3) is 1.60. The molecule has 2 heterocycles. The topological polar surface area (TPSA) is 94.0 Å². The van der Waals surface area contributed by atoms with Crippen molar-refractivity contribution < 1.29 is 9.90 Å². The minimum atomic E-state index is -1.01. The molecule has 0 unspecified atom stereocenters. The lowest BCUT2D eigenvalue weighted by Gasteiger charge is -1.96. The van der Waals surface area contributed by atoms with Crippen molar-refractivity contribution in [3.63, 3.8) is 0 Å². The Morgan fingerprint density at radius 1 is 1.56 bits per heavy atom. The first-order valence-corrected chi connectivity index (χ1v) is 4.56. The summed E-state index contributed by atoms with van der Waals surface area (Å²) in [5, 5.41) is 9.24. The monoisotopic (exact) mass is 218 g/mol. The van der Waals surface area contributed by atoms with Crippen molar-refractivity contribution in [2.24, 2.45) is 7.05 Å². The first-order valence-electron chi connectivity index (χ1n) is 4.56. The molecule has 2 aromatic heterocycles. The molecular weight excluding hydrogens is 208 g/mol. The summed E-state index contributed by atoms with van der Waals surface area (Å²) in [7, 11) is 1.81. The molecule has 0 aliphatic rings. The van der Waals surface area contributed by atoms with Crippen LogP contribution in [0.1, 0.15) is 5.56 Å². The van der Waals surface area contributed by atoms with Gasteiger partial charge in [0.2, 0.25) is 0 Å². The number of nitrogen functional groups attached to an aromatic ring is 1. The van der Waals surface area contributed by atoms with Gasteiger partial charge in [-0.3, -0.25) is 0 Å². The Hall–Kier alpha value is -2.37. The summed E-state index contributed by atoms with van der Waals surface area (Å²) in [5.74, 6) is -0.664. The lowest BCUT2D eigenvalue weighted by atomic mass is 10.2. The van der Waals surface area contributed by atoms with Gasteiger partial charge in [-0.15, -0.1) is 0 Å². The molecular formula is C10H10N4O2. The van der Waals surface area contributed by atoms with Crippen LogP contribution in [0.15, 0.2) is 18.6 Å². The number of carboxylic acids is 1. The molecule has 82 valence electrons. The second-order valence-electron chi connectivity index (χ2n) is 3.32. The second-order valence-corrected chi connectivity index (χ2v) is 3.32. The van der Waals surface area contributed by atoms with E-state index < -0.39 is 5.97 Å². The fourth-order valence-corrected chi connectivity index (χ4v) is 1.56. The van der Waals surface area contributed by atoms with Gasteiger partial charge in [0.1, 0.15) is 17.8 Å². The van der Waals surface area contributed by atoms with E-state index in [2.05, 4.69) is 9.97 Å². The largest absolute Gasteiger partial charge is 0.478 e. The molecule has 2 aromatic rings. The third-order valence-corrected chi connectivity index (χ3v) is 2.22. The average Bonchev–Trinajstić information content (AvgIpc) is 2.55. The number of aliphatic carboxylic acids is 1. The molecule has 0 saturated carbocycles. The quantitative estimate of drug-likeness (QED) is 0.721. The van der Waals surface area contributed by atoms with Crippen LogP contribution in [0.2, 0.25) is 0 Å². The second kappa shape index (κ2) is 3.65. The van der Waals surface area contributed by atoms with Gasteiger partial charge in [-0.2, -0.15) is 0 Å². The number of rotatable bonds is 2. The number of aromatic nitrogens is 3. The highest BCUT2D eigenvalue weighted by atomic mass is 16.4. The molecule has 0 amide bonds. The standard InChI is InChI=1S/C10H10N4O2/c1-14-4-6(2-3-7(15)16)8-9(11)12-5-13-10(8)14/h2-5H,1H3,(H,15,16)(H2,11,12,13). The van der Waals surface area contributed by atoms with E-state index in [0.717, 1.165) is 6.08 Å². The summed E-state index contributed by atoms with van der Waals surface area (Å²) in [4.78, 5) is 18.4. The minimum absolute atomic E-state index is 0.343. The number of nitrogens with zero attached hydrogens (tertiary/aromatic N) is 3. The molecule has 16 heavy (non-hydrogen) atoms. The first-order chi connectivity index (χ1) is 7.59. The molecule has 0 saturated heterocycles. The molecule has 0 spiro atoms. The van der Waals surface area contributed by atoms with Crippen LogP contribution < -0.4 is 5.73 Å². The van der Waals surface area contributed by atoms with Crippen LogP contribution in [-0.2, 0) is 11.8 Å². The SMILES string of the molecule is Cn1cc(C=CC(=O)O)c2c(N)ncnc21. The van der Waals surface area contributed by atoms with Crippen molar-refractivity contribution in [1.82, 2.24) is 14.5 Å². The summed E-state index contributed by atoms with van der Waals surface area (Å²) >= 11 is 0. The number of carboxylic acid groups (broad SMARTS) is 1. The van der Waals surface area contributed by atoms with E-state index >= 15 is 0 Å². The number of hydrogen-bond donors (Lipinski definition) is 2. The Balaban J connectivity index is 2.66.